The molecule has 0 bridgehead atoms. The van der Waals surface area contributed by atoms with Crippen LogP contribution in [0, 0.1) is 29.1 Å². The van der Waals surface area contributed by atoms with E-state index in [9.17, 15) is 19.5 Å². The van der Waals surface area contributed by atoms with Crippen molar-refractivity contribution in [1.82, 2.24) is 4.90 Å². The van der Waals surface area contributed by atoms with Crippen molar-refractivity contribution < 1.29 is 33.7 Å². The largest absolute Gasteiger partial charge is 0.462 e. The first-order chi connectivity index (χ1) is 18.1. The number of fused-ring (bicyclic) bond motifs is 2. The molecule has 4 fully saturated rings. The van der Waals surface area contributed by atoms with Crippen LogP contribution < -0.4 is 4.90 Å². The third-order valence-corrected chi connectivity index (χ3v) is 9.52. The summed E-state index contributed by atoms with van der Waals surface area (Å²) >= 11 is 0. The maximum absolute atomic E-state index is 13.2. The Morgan fingerprint density at radius 2 is 1.71 bits per heavy atom. The number of carbonyl (C=O) groups excluding carboxylic acids is 3. The molecule has 2 saturated carbocycles. The Balaban J connectivity index is 1.37. The summed E-state index contributed by atoms with van der Waals surface area (Å²) < 4.78 is 17.4. The number of anilines is 1. The molecule has 9 heteroatoms. The molecule has 9 nitrogen and oxygen atoms in total. The van der Waals surface area contributed by atoms with E-state index in [1.165, 1.54) is 19.5 Å². The molecule has 4 aliphatic rings. The van der Waals surface area contributed by atoms with Gasteiger partial charge in [-0.3, -0.25) is 19.3 Å². The van der Waals surface area contributed by atoms with Crippen LogP contribution in [0.2, 0.25) is 0 Å². The summed E-state index contributed by atoms with van der Waals surface area (Å²) in [5, 5.41) is 12.1. The fourth-order valence-corrected chi connectivity index (χ4v) is 7.89. The number of hydrogen-bond donors (Lipinski definition) is 1. The molecule has 9 atom stereocenters. The smallest absolute Gasteiger partial charge is 0.311 e. The van der Waals surface area contributed by atoms with E-state index in [1.54, 1.807) is 0 Å². The first kappa shape index (κ1) is 26.9. The summed E-state index contributed by atoms with van der Waals surface area (Å²) in [6.45, 7) is 10.6. The molecular formula is C29H40N2O7. The monoisotopic (exact) mass is 528 g/mol. The van der Waals surface area contributed by atoms with Crippen molar-refractivity contribution in [3.05, 3.63) is 30.3 Å². The lowest BCUT2D eigenvalue weighted by molar-refractivity contribution is -0.165. The Bertz CT molecular complexity index is 1040. The average molecular weight is 529 g/mol. The summed E-state index contributed by atoms with van der Waals surface area (Å²) in [5.41, 5.74) is 0.308. The molecule has 0 spiro atoms. The van der Waals surface area contributed by atoms with E-state index < -0.39 is 53.6 Å². The standard InChI is InChI=1S/C29H40N2O7/c1-17-14-22-25(27(34)29(4)24(37-19(3)33)15-23(26(17)29)36-18(2)32)21(28(35)38-22)16-30-10-12-31(13-11-30)20-8-6-5-7-9-20/h5-9,17,21-27,34H,10-16H2,1-4H3/t17-,21+,22+,23+,24+,25-,26-,27+,29-/m1/s1. The Morgan fingerprint density at radius 1 is 1.05 bits per heavy atom. The predicted molar refractivity (Wildman–Crippen MR) is 139 cm³/mol. The molecule has 2 aliphatic heterocycles. The molecule has 0 amide bonds. The van der Waals surface area contributed by atoms with Crippen molar-refractivity contribution in [3.63, 3.8) is 0 Å². The number of carbonyl (C=O) groups is 3. The fraction of sp³-hybridized carbons (Fsp3) is 0.690. The SMILES string of the molecule is CC(=O)O[C@H]1C[C@H](OC(C)=O)[C@]2(C)[C@@H]1[C@H](C)C[C@@H]1OC(=O)[C@@H](CN3CCN(c4ccccc4)CC3)[C@H]1[C@@H]2O. The quantitative estimate of drug-likeness (QED) is 0.455. The predicted octanol–water partition coefficient (Wildman–Crippen LogP) is 2.26. The Kier molecular flexibility index (Phi) is 7.44. The normalized spacial score (nSPS) is 39.1. The lowest BCUT2D eigenvalue weighted by atomic mass is 9.66. The second-order valence-electron chi connectivity index (χ2n) is 11.8. The van der Waals surface area contributed by atoms with E-state index in [0.29, 0.717) is 19.4 Å². The van der Waals surface area contributed by atoms with Crippen molar-refractivity contribution in [1.29, 1.82) is 0 Å². The van der Waals surface area contributed by atoms with Crippen LogP contribution in [-0.4, -0.2) is 85.1 Å². The summed E-state index contributed by atoms with van der Waals surface area (Å²) in [7, 11) is 0. The highest BCUT2D eigenvalue weighted by atomic mass is 16.6. The molecule has 2 saturated heterocycles. The summed E-state index contributed by atoms with van der Waals surface area (Å²) in [6.07, 6.45) is -1.60. The second kappa shape index (κ2) is 10.5. The van der Waals surface area contributed by atoms with Crippen LogP contribution in [0.15, 0.2) is 30.3 Å². The fourth-order valence-electron chi connectivity index (χ4n) is 7.89. The minimum atomic E-state index is -0.964. The number of aliphatic hydroxyl groups excluding tert-OH is 1. The zero-order chi connectivity index (χ0) is 27.2. The highest BCUT2D eigenvalue weighted by Gasteiger charge is 2.67. The van der Waals surface area contributed by atoms with Gasteiger partial charge in [-0.2, -0.15) is 0 Å². The van der Waals surface area contributed by atoms with Crippen molar-refractivity contribution in [3.8, 4) is 0 Å². The van der Waals surface area contributed by atoms with Gasteiger partial charge < -0.3 is 24.2 Å². The van der Waals surface area contributed by atoms with Gasteiger partial charge in [0.2, 0.25) is 0 Å². The third-order valence-electron chi connectivity index (χ3n) is 9.52. The van der Waals surface area contributed by atoms with Gasteiger partial charge in [0.1, 0.15) is 18.3 Å². The average Bonchev–Trinajstić information content (AvgIpc) is 3.28. The number of para-hydroxylation sites is 1. The molecule has 0 unspecified atom stereocenters. The maximum Gasteiger partial charge on any atom is 0.311 e. The zero-order valence-corrected chi connectivity index (χ0v) is 22.7. The summed E-state index contributed by atoms with van der Waals surface area (Å²) in [6, 6.07) is 10.3. The van der Waals surface area contributed by atoms with Crippen LogP contribution in [-0.2, 0) is 28.6 Å². The van der Waals surface area contributed by atoms with Gasteiger partial charge in [0.15, 0.2) is 0 Å². The summed E-state index contributed by atoms with van der Waals surface area (Å²) in [5.74, 6) is -2.26. The van der Waals surface area contributed by atoms with Crippen molar-refractivity contribution in [2.45, 2.75) is 65.0 Å². The number of hydrogen-bond acceptors (Lipinski definition) is 9. The van der Waals surface area contributed by atoms with E-state index in [2.05, 4.69) is 28.9 Å². The summed E-state index contributed by atoms with van der Waals surface area (Å²) in [4.78, 5) is 41.8. The first-order valence-electron chi connectivity index (χ1n) is 13.8. The number of esters is 3. The molecule has 2 aliphatic carbocycles. The number of aliphatic hydroxyl groups is 1. The Morgan fingerprint density at radius 3 is 2.34 bits per heavy atom. The van der Waals surface area contributed by atoms with Crippen molar-refractivity contribution >= 4 is 23.6 Å². The van der Waals surface area contributed by atoms with E-state index in [0.717, 1.165) is 26.2 Å². The maximum atomic E-state index is 13.2. The molecule has 38 heavy (non-hydrogen) atoms. The van der Waals surface area contributed by atoms with Gasteiger partial charge in [-0.15, -0.1) is 0 Å². The zero-order valence-electron chi connectivity index (χ0n) is 22.7. The van der Waals surface area contributed by atoms with Crippen LogP contribution in [0.25, 0.3) is 0 Å². The number of rotatable bonds is 5. The van der Waals surface area contributed by atoms with Crippen LogP contribution in [0.4, 0.5) is 5.69 Å². The lowest BCUT2D eigenvalue weighted by Crippen LogP contribution is -2.53. The minimum absolute atomic E-state index is 0.0180. The molecule has 2 heterocycles. The van der Waals surface area contributed by atoms with Crippen molar-refractivity contribution in [2.24, 2.45) is 29.1 Å². The number of ether oxygens (including phenoxy) is 3. The molecule has 1 aromatic carbocycles. The van der Waals surface area contributed by atoms with E-state index in [-0.39, 0.29) is 17.8 Å². The van der Waals surface area contributed by atoms with Gasteiger partial charge in [-0.05, 0) is 24.5 Å². The number of piperazine rings is 1. The molecule has 5 rings (SSSR count). The number of nitrogens with zero attached hydrogens (tertiary/aromatic N) is 2. The van der Waals surface area contributed by atoms with Crippen LogP contribution in [0.1, 0.15) is 40.5 Å². The van der Waals surface area contributed by atoms with Gasteiger partial charge in [0.25, 0.3) is 0 Å². The molecule has 0 aromatic heterocycles. The molecular weight excluding hydrogens is 488 g/mol. The molecule has 0 radical (unpaired) electrons. The van der Waals surface area contributed by atoms with E-state index >= 15 is 0 Å². The molecule has 208 valence electrons. The third kappa shape index (κ3) is 4.79. The van der Waals surface area contributed by atoms with Gasteiger partial charge in [-0.1, -0.05) is 32.0 Å². The lowest BCUT2D eigenvalue weighted by Gasteiger charge is -2.44. The van der Waals surface area contributed by atoms with E-state index in [1.807, 2.05) is 25.1 Å². The molecule has 1 aromatic rings. The van der Waals surface area contributed by atoms with Gasteiger partial charge in [-0.25, -0.2) is 0 Å². The highest BCUT2D eigenvalue weighted by molar-refractivity contribution is 5.76. The van der Waals surface area contributed by atoms with Crippen molar-refractivity contribution in [2.75, 3.05) is 37.6 Å². The van der Waals surface area contributed by atoms with Gasteiger partial charge >= 0.3 is 17.9 Å². The highest BCUT2D eigenvalue weighted by Crippen LogP contribution is 2.59. The second-order valence-corrected chi connectivity index (χ2v) is 11.8. The minimum Gasteiger partial charge on any atom is -0.462 e. The number of benzene rings is 1. The van der Waals surface area contributed by atoms with Crippen LogP contribution >= 0.6 is 0 Å². The Labute approximate surface area is 224 Å². The Hall–Kier alpha value is -2.65. The van der Waals surface area contributed by atoms with Gasteiger partial charge in [0, 0.05) is 75.9 Å². The van der Waals surface area contributed by atoms with Crippen LogP contribution in [0.3, 0.4) is 0 Å². The first-order valence-corrected chi connectivity index (χ1v) is 13.8. The van der Waals surface area contributed by atoms with Gasteiger partial charge in [0.05, 0.1) is 12.0 Å². The van der Waals surface area contributed by atoms with E-state index in [4.69, 9.17) is 14.2 Å². The molecule has 1 N–H and O–H groups in total. The van der Waals surface area contributed by atoms with Crippen LogP contribution in [0.5, 0.6) is 0 Å². The topological polar surface area (TPSA) is 106 Å².